The lowest BCUT2D eigenvalue weighted by Gasteiger charge is -2.41. The summed E-state index contributed by atoms with van der Waals surface area (Å²) in [6.07, 6.45) is 7.75. The zero-order chi connectivity index (χ0) is 33.1. The van der Waals surface area contributed by atoms with Gasteiger partial charge in [-0.05, 0) is 115 Å². The number of hydrogen-bond acceptors (Lipinski definition) is 2. The van der Waals surface area contributed by atoms with Crippen LogP contribution in [-0.4, -0.2) is 4.98 Å². The molecule has 0 N–H and O–H groups in total. The number of aryl methyl sites for hydroxylation is 2. The highest BCUT2D eigenvalue weighted by Crippen LogP contribution is 2.49. The number of hydrogen-bond donors (Lipinski definition) is 0. The Balaban J connectivity index is 1.30. The summed E-state index contributed by atoms with van der Waals surface area (Å²) in [6.45, 7) is 6.61. The fourth-order valence-corrected chi connectivity index (χ4v) is 7.68. The Morgan fingerprint density at radius 2 is 1.65 bits per heavy atom. The van der Waals surface area contributed by atoms with Crippen LogP contribution in [0.15, 0.2) is 89.5 Å². The van der Waals surface area contributed by atoms with Crippen LogP contribution in [-0.2, 0) is 0 Å². The third-order valence-electron chi connectivity index (χ3n) is 10.00. The maximum Gasteiger partial charge on any atom is 0.144 e. The number of pyridine rings is 1. The van der Waals surface area contributed by atoms with Gasteiger partial charge in [-0.3, -0.25) is 4.98 Å². The Morgan fingerprint density at radius 1 is 0.860 bits per heavy atom. The average Bonchev–Trinajstić information content (AvgIpc) is 3.45. The number of benzene rings is 4. The first-order valence-electron chi connectivity index (χ1n) is 17.9. The second-order valence-corrected chi connectivity index (χ2v) is 13.1. The molecule has 4 aromatic carbocycles. The molecule has 0 aliphatic heterocycles. The molecule has 2 nitrogen and oxygen atoms in total. The molecule has 0 spiro atoms. The number of fused-ring (bicyclic) bond motifs is 5. The average molecular weight is 570 g/mol. The normalized spacial score (nSPS) is 22.5. The van der Waals surface area contributed by atoms with Crippen LogP contribution in [0.25, 0.3) is 55.1 Å². The molecular formula is C41H43NO. The summed E-state index contributed by atoms with van der Waals surface area (Å²) in [5.41, 5.74) is 7.11. The lowest BCUT2D eigenvalue weighted by molar-refractivity contribution is 0.132. The number of aromatic nitrogens is 1. The molecule has 0 bridgehead atoms. The summed E-state index contributed by atoms with van der Waals surface area (Å²) in [6, 6.07) is 26.6. The number of furan rings is 1. The predicted octanol–water partition coefficient (Wildman–Crippen LogP) is 12.2. The lowest BCUT2D eigenvalue weighted by Crippen LogP contribution is -2.28. The van der Waals surface area contributed by atoms with Crippen LogP contribution >= 0.6 is 0 Å². The molecule has 7 rings (SSSR count). The predicted molar refractivity (Wildman–Crippen MR) is 183 cm³/mol. The summed E-state index contributed by atoms with van der Waals surface area (Å²) in [7, 11) is 0. The van der Waals surface area contributed by atoms with E-state index in [-0.39, 0.29) is 5.56 Å². The summed E-state index contributed by atoms with van der Waals surface area (Å²) in [5, 5.41) is 4.21. The standard InChI is InChI=1S/C41H43NO/c1-6-41(24-26(2)3)20-18-29(19-21-41)31-15-16-32(27(4)22-31)37-23-38(42-25-28(37)5)36-13-9-12-34-35-17-14-30-10-7-8-11-33(30)39(35)43-40(34)36/h7-17,22-23,25-26,29H,6,18-21,24H2,1-5H3/i5D3,29D. The smallest absolute Gasteiger partial charge is 0.144 e. The van der Waals surface area contributed by atoms with Crippen LogP contribution in [0.5, 0.6) is 0 Å². The third kappa shape index (κ3) is 4.95. The van der Waals surface area contributed by atoms with E-state index in [9.17, 15) is 1.37 Å². The van der Waals surface area contributed by atoms with Gasteiger partial charge in [-0.25, -0.2) is 0 Å². The SMILES string of the molecule is [2H]C([2H])([2H])c1cnc(-c2cccc3c2oc2c4ccccc4ccc32)cc1-c1ccc(C2([2H])CCC(CC)(CC(C)C)CC2)cc1C. The van der Waals surface area contributed by atoms with Gasteiger partial charge >= 0.3 is 0 Å². The molecule has 2 heteroatoms. The van der Waals surface area contributed by atoms with Crippen molar-refractivity contribution in [2.45, 2.75) is 79.0 Å². The zero-order valence-electron chi connectivity index (χ0n) is 29.8. The van der Waals surface area contributed by atoms with E-state index >= 15 is 0 Å². The van der Waals surface area contributed by atoms with Gasteiger partial charge in [-0.15, -0.1) is 0 Å². The van der Waals surface area contributed by atoms with Crippen molar-refractivity contribution in [1.29, 1.82) is 0 Å². The molecule has 0 unspecified atom stereocenters. The molecule has 2 heterocycles. The van der Waals surface area contributed by atoms with Crippen LogP contribution in [0.2, 0.25) is 0 Å². The molecule has 1 aliphatic carbocycles. The Labute approximate surface area is 261 Å². The van der Waals surface area contributed by atoms with Crippen molar-refractivity contribution in [3.8, 4) is 22.4 Å². The zero-order valence-corrected chi connectivity index (χ0v) is 25.8. The van der Waals surface area contributed by atoms with Crippen molar-refractivity contribution in [2.24, 2.45) is 11.3 Å². The molecule has 0 saturated heterocycles. The highest BCUT2D eigenvalue weighted by molar-refractivity contribution is 6.17. The first kappa shape index (κ1) is 23.5. The molecule has 43 heavy (non-hydrogen) atoms. The van der Waals surface area contributed by atoms with E-state index in [4.69, 9.17) is 13.5 Å². The Bertz CT molecular complexity index is 2110. The van der Waals surface area contributed by atoms with Crippen LogP contribution in [0.1, 0.15) is 87.4 Å². The highest BCUT2D eigenvalue weighted by atomic mass is 16.3. The molecule has 0 radical (unpaired) electrons. The third-order valence-corrected chi connectivity index (χ3v) is 10.00. The first-order valence-corrected chi connectivity index (χ1v) is 15.9. The van der Waals surface area contributed by atoms with E-state index < -0.39 is 12.7 Å². The number of nitrogens with zero attached hydrogens (tertiary/aromatic N) is 1. The van der Waals surface area contributed by atoms with E-state index in [0.29, 0.717) is 22.6 Å². The number of para-hydroxylation sites is 1. The maximum absolute atomic E-state index is 9.52. The van der Waals surface area contributed by atoms with Gasteiger partial charge in [0.15, 0.2) is 0 Å². The number of rotatable bonds is 6. The van der Waals surface area contributed by atoms with Gasteiger partial charge in [0.2, 0.25) is 0 Å². The van der Waals surface area contributed by atoms with Crippen molar-refractivity contribution in [2.75, 3.05) is 0 Å². The van der Waals surface area contributed by atoms with Gasteiger partial charge in [-0.1, -0.05) is 87.9 Å². The van der Waals surface area contributed by atoms with Crippen LogP contribution < -0.4 is 0 Å². The Morgan fingerprint density at radius 3 is 2.42 bits per heavy atom. The topological polar surface area (TPSA) is 26.0 Å². The van der Waals surface area contributed by atoms with E-state index in [1.165, 1.54) is 19.0 Å². The van der Waals surface area contributed by atoms with Crippen molar-refractivity contribution in [3.63, 3.8) is 0 Å². The fraction of sp³-hybridized carbons (Fsp3) is 0.341. The molecule has 1 aliphatic rings. The van der Waals surface area contributed by atoms with E-state index in [2.05, 4.69) is 63.2 Å². The van der Waals surface area contributed by atoms with Gasteiger partial charge in [0.1, 0.15) is 11.2 Å². The molecule has 1 saturated carbocycles. The van der Waals surface area contributed by atoms with Gasteiger partial charge < -0.3 is 4.42 Å². The van der Waals surface area contributed by atoms with Crippen molar-refractivity contribution in [1.82, 2.24) is 4.98 Å². The monoisotopic (exact) mass is 569 g/mol. The van der Waals surface area contributed by atoms with Crippen LogP contribution in [0.3, 0.4) is 0 Å². The van der Waals surface area contributed by atoms with Gasteiger partial charge in [0.25, 0.3) is 0 Å². The molecule has 0 atom stereocenters. The highest BCUT2D eigenvalue weighted by Gasteiger charge is 2.34. The Hall–Kier alpha value is -3.91. The minimum absolute atomic E-state index is 0.222. The largest absolute Gasteiger partial charge is 0.455 e. The summed E-state index contributed by atoms with van der Waals surface area (Å²) < 4.78 is 41.2. The molecule has 1 fully saturated rings. The molecule has 218 valence electrons. The van der Waals surface area contributed by atoms with Crippen molar-refractivity contribution < 1.29 is 9.90 Å². The van der Waals surface area contributed by atoms with Gasteiger partial charge in [0.05, 0.1) is 5.69 Å². The second-order valence-electron chi connectivity index (χ2n) is 13.1. The molecule has 0 amide bonds. The Kier molecular flexibility index (Phi) is 6.01. The molecule has 2 aromatic heterocycles. The summed E-state index contributed by atoms with van der Waals surface area (Å²) >= 11 is 0. The van der Waals surface area contributed by atoms with Gasteiger partial charge in [0, 0.05) is 33.4 Å². The van der Waals surface area contributed by atoms with E-state index in [1.54, 1.807) is 0 Å². The molecule has 6 aromatic rings. The van der Waals surface area contributed by atoms with Crippen LogP contribution in [0, 0.1) is 25.1 Å². The van der Waals surface area contributed by atoms with Crippen LogP contribution in [0.4, 0.5) is 0 Å². The van der Waals surface area contributed by atoms with Crippen molar-refractivity contribution >= 4 is 32.7 Å². The van der Waals surface area contributed by atoms with E-state index in [0.717, 1.165) is 80.6 Å². The fourth-order valence-electron chi connectivity index (χ4n) is 7.68. The van der Waals surface area contributed by atoms with E-state index in [1.807, 2.05) is 43.3 Å². The summed E-state index contributed by atoms with van der Waals surface area (Å²) in [4.78, 5) is 4.71. The minimum Gasteiger partial charge on any atom is -0.455 e. The van der Waals surface area contributed by atoms with Gasteiger partial charge in [-0.2, -0.15) is 0 Å². The second kappa shape index (κ2) is 11.0. The molecular weight excluding hydrogens is 522 g/mol. The minimum atomic E-state index is -2.34. The van der Waals surface area contributed by atoms with Crippen molar-refractivity contribution in [3.05, 3.63) is 102 Å². The quantitative estimate of drug-likeness (QED) is 0.199. The summed E-state index contributed by atoms with van der Waals surface area (Å²) in [5.74, 6) is 0.0298. The lowest BCUT2D eigenvalue weighted by atomic mass is 9.64. The maximum atomic E-state index is 9.52. The first-order chi connectivity index (χ1) is 22.4.